The average Bonchev–Trinajstić information content (AvgIpc) is 2.73. The number of hydrogen-bond acceptors (Lipinski definition) is 4. The lowest BCUT2D eigenvalue weighted by molar-refractivity contribution is 0.180. The Morgan fingerprint density at radius 2 is 1.97 bits per heavy atom. The van der Waals surface area contributed by atoms with Crippen molar-refractivity contribution in [3.05, 3.63) is 35.4 Å². The zero-order valence-corrected chi connectivity index (χ0v) is 18.9. The van der Waals surface area contributed by atoms with Gasteiger partial charge in [0.05, 0.1) is 0 Å². The lowest BCUT2D eigenvalue weighted by Gasteiger charge is -2.30. The van der Waals surface area contributed by atoms with Crippen LogP contribution in [0.5, 0.6) is 0 Å². The predicted octanol–water partition coefficient (Wildman–Crippen LogP) is 2.55. The van der Waals surface area contributed by atoms with Crippen LogP contribution in [0, 0.1) is 5.92 Å². The molecule has 0 bridgehead atoms. The smallest absolute Gasteiger partial charge is 0.191 e. The topological polar surface area (TPSA) is 52.1 Å². The summed E-state index contributed by atoms with van der Waals surface area (Å²) >= 11 is 0. The molecule has 1 aliphatic rings. The monoisotopic (exact) mass is 403 g/mol. The van der Waals surface area contributed by atoms with Crippen molar-refractivity contribution in [3.8, 4) is 0 Å². The van der Waals surface area contributed by atoms with Crippen molar-refractivity contribution in [1.29, 1.82) is 0 Å². The first-order chi connectivity index (χ1) is 14.1. The van der Waals surface area contributed by atoms with E-state index in [9.17, 15) is 0 Å². The molecule has 1 saturated heterocycles. The third-order valence-corrected chi connectivity index (χ3v) is 5.63. The third kappa shape index (κ3) is 9.61. The molecule has 6 heteroatoms. The van der Waals surface area contributed by atoms with Gasteiger partial charge in [0.2, 0.25) is 0 Å². The van der Waals surface area contributed by atoms with Gasteiger partial charge in [-0.1, -0.05) is 31.2 Å². The maximum atomic E-state index is 5.11. The summed E-state index contributed by atoms with van der Waals surface area (Å²) in [6, 6.07) is 8.92. The van der Waals surface area contributed by atoms with E-state index in [4.69, 9.17) is 4.74 Å². The summed E-state index contributed by atoms with van der Waals surface area (Å²) < 4.78 is 5.11. The molecule has 0 atom stereocenters. The molecule has 164 valence electrons. The highest BCUT2D eigenvalue weighted by Gasteiger charge is 2.15. The van der Waals surface area contributed by atoms with Crippen molar-refractivity contribution in [3.63, 3.8) is 0 Å². The van der Waals surface area contributed by atoms with E-state index in [1.807, 2.05) is 7.05 Å². The summed E-state index contributed by atoms with van der Waals surface area (Å²) in [7, 11) is 5.72. The second kappa shape index (κ2) is 13.6. The Kier molecular flexibility index (Phi) is 11.1. The Bertz CT molecular complexity index is 599. The standard InChI is InChI=1S/C23H41N5O/c1-20-9-13-28(14-10-20)19-22-8-5-7-21(17-22)18-26-23(24-2)25-11-15-27(3)12-6-16-29-4/h5,7-8,17,20H,6,9-16,18-19H2,1-4H3,(H2,24,25,26). The molecule has 0 unspecified atom stereocenters. The summed E-state index contributed by atoms with van der Waals surface area (Å²) in [5.41, 5.74) is 2.70. The minimum absolute atomic E-state index is 0.786. The number of methoxy groups -OCH3 is 1. The predicted molar refractivity (Wildman–Crippen MR) is 122 cm³/mol. The van der Waals surface area contributed by atoms with E-state index in [1.165, 1.54) is 37.1 Å². The molecule has 0 saturated carbocycles. The molecular weight excluding hydrogens is 362 g/mol. The van der Waals surface area contributed by atoms with Gasteiger partial charge in [-0.2, -0.15) is 0 Å². The average molecular weight is 404 g/mol. The van der Waals surface area contributed by atoms with E-state index >= 15 is 0 Å². The van der Waals surface area contributed by atoms with E-state index < -0.39 is 0 Å². The number of nitrogens with one attached hydrogen (secondary N) is 2. The number of nitrogens with zero attached hydrogens (tertiary/aromatic N) is 3. The molecule has 1 aromatic carbocycles. The normalized spacial score (nSPS) is 16.4. The van der Waals surface area contributed by atoms with Gasteiger partial charge in [-0.3, -0.25) is 9.89 Å². The summed E-state index contributed by atoms with van der Waals surface area (Å²) in [5.74, 6) is 1.73. The van der Waals surface area contributed by atoms with Gasteiger partial charge in [-0.25, -0.2) is 0 Å². The maximum Gasteiger partial charge on any atom is 0.191 e. The van der Waals surface area contributed by atoms with E-state index in [0.717, 1.165) is 57.6 Å². The Morgan fingerprint density at radius 3 is 2.69 bits per heavy atom. The zero-order valence-electron chi connectivity index (χ0n) is 18.9. The lowest BCUT2D eigenvalue weighted by atomic mass is 9.98. The molecule has 0 radical (unpaired) electrons. The highest BCUT2D eigenvalue weighted by molar-refractivity contribution is 5.79. The molecule has 1 heterocycles. The quantitative estimate of drug-likeness (QED) is 0.338. The van der Waals surface area contributed by atoms with Gasteiger partial charge in [0.25, 0.3) is 0 Å². The minimum Gasteiger partial charge on any atom is -0.385 e. The van der Waals surface area contributed by atoms with Crippen molar-refractivity contribution in [2.24, 2.45) is 10.9 Å². The van der Waals surface area contributed by atoms with Crippen LogP contribution in [-0.2, 0) is 17.8 Å². The van der Waals surface area contributed by atoms with Crippen LogP contribution in [0.2, 0.25) is 0 Å². The third-order valence-electron chi connectivity index (χ3n) is 5.63. The van der Waals surface area contributed by atoms with Gasteiger partial charge < -0.3 is 20.3 Å². The van der Waals surface area contributed by atoms with Crippen LogP contribution in [0.15, 0.2) is 29.3 Å². The van der Waals surface area contributed by atoms with Gasteiger partial charge in [0.1, 0.15) is 0 Å². The number of rotatable bonds is 11. The summed E-state index contributed by atoms with van der Waals surface area (Å²) in [4.78, 5) is 9.24. The van der Waals surface area contributed by atoms with Crippen molar-refractivity contribution >= 4 is 5.96 Å². The molecule has 0 amide bonds. The first-order valence-corrected chi connectivity index (χ1v) is 11.0. The fourth-order valence-electron chi connectivity index (χ4n) is 3.68. The van der Waals surface area contributed by atoms with E-state index in [-0.39, 0.29) is 0 Å². The Hall–Kier alpha value is -1.63. The van der Waals surface area contributed by atoms with Crippen LogP contribution in [0.25, 0.3) is 0 Å². The Labute approximate surface area is 177 Å². The number of benzene rings is 1. The van der Waals surface area contributed by atoms with Gasteiger partial charge in [-0.15, -0.1) is 0 Å². The van der Waals surface area contributed by atoms with Crippen LogP contribution in [0.3, 0.4) is 0 Å². The van der Waals surface area contributed by atoms with E-state index in [1.54, 1.807) is 7.11 Å². The van der Waals surface area contributed by atoms with Gasteiger partial charge in [-0.05, 0) is 56.4 Å². The summed E-state index contributed by atoms with van der Waals surface area (Å²) in [6.07, 6.45) is 3.71. The number of hydrogen-bond donors (Lipinski definition) is 2. The van der Waals surface area contributed by atoms with Crippen LogP contribution >= 0.6 is 0 Å². The Morgan fingerprint density at radius 1 is 1.21 bits per heavy atom. The fourth-order valence-corrected chi connectivity index (χ4v) is 3.68. The number of likely N-dealkylation sites (tertiary alicyclic amines) is 1. The zero-order chi connectivity index (χ0) is 20.9. The first-order valence-electron chi connectivity index (χ1n) is 11.0. The van der Waals surface area contributed by atoms with Crippen LogP contribution < -0.4 is 10.6 Å². The number of likely N-dealkylation sites (N-methyl/N-ethyl adjacent to an activating group) is 1. The largest absolute Gasteiger partial charge is 0.385 e. The van der Waals surface area contributed by atoms with Crippen molar-refractivity contribution in [2.75, 3.05) is 60.5 Å². The van der Waals surface area contributed by atoms with Gasteiger partial charge in [0, 0.05) is 53.5 Å². The number of piperidine rings is 1. The van der Waals surface area contributed by atoms with Crippen LogP contribution in [-0.4, -0.2) is 76.3 Å². The van der Waals surface area contributed by atoms with Crippen molar-refractivity contribution in [1.82, 2.24) is 20.4 Å². The highest BCUT2D eigenvalue weighted by atomic mass is 16.5. The maximum absolute atomic E-state index is 5.11. The Balaban J connectivity index is 1.70. The number of ether oxygens (including phenoxy) is 1. The SMILES string of the molecule is CN=C(NCCN(C)CCCOC)NCc1cccc(CN2CCC(C)CC2)c1. The highest BCUT2D eigenvalue weighted by Crippen LogP contribution is 2.18. The second-order valence-corrected chi connectivity index (χ2v) is 8.28. The van der Waals surface area contributed by atoms with Gasteiger partial charge in [0.15, 0.2) is 5.96 Å². The second-order valence-electron chi connectivity index (χ2n) is 8.28. The van der Waals surface area contributed by atoms with Crippen molar-refractivity contribution in [2.45, 2.75) is 39.3 Å². The fraction of sp³-hybridized carbons (Fsp3) is 0.696. The molecule has 0 aromatic heterocycles. The molecule has 1 fully saturated rings. The molecule has 1 aromatic rings. The molecule has 29 heavy (non-hydrogen) atoms. The summed E-state index contributed by atoms with van der Waals surface area (Å²) in [6.45, 7) is 10.4. The van der Waals surface area contributed by atoms with Crippen molar-refractivity contribution < 1.29 is 4.74 Å². The number of guanidine groups is 1. The molecule has 6 nitrogen and oxygen atoms in total. The number of aliphatic imine (C=N–C) groups is 1. The molecule has 2 rings (SSSR count). The van der Waals surface area contributed by atoms with E-state index in [0.29, 0.717) is 0 Å². The van der Waals surface area contributed by atoms with Crippen LogP contribution in [0.4, 0.5) is 0 Å². The lowest BCUT2D eigenvalue weighted by Crippen LogP contribution is -2.40. The first kappa shape index (κ1) is 23.6. The molecule has 1 aliphatic heterocycles. The summed E-state index contributed by atoms with van der Waals surface area (Å²) in [5, 5.41) is 6.84. The van der Waals surface area contributed by atoms with E-state index in [2.05, 4.69) is 63.7 Å². The molecule has 2 N–H and O–H groups in total. The molecule has 0 aliphatic carbocycles. The minimum atomic E-state index is 0.786. The molecular formula is C23H41N5O. The van der Waals surface area contributed by atoms with Crippen LogP contribution in [0.1, 0.15) is 37.3 Å². The molecule has 0 spiro atoms. The van der Waals surface area contributed by atoms with Gasteiger partial charge >= 0.3 is 0 Å².